The van der Waals surface area contributed by atoms with Gasteiger partial charge in [0.05, 0.1) is 5.60 Å². The van der Waals surface area contributed by atoms with Gasteiger partial charge in [0.1, 0.15) is 0 Å². The van der Waals surface area contributed by atoms with Crippen LogP contribution in [-0.2, 0) is 4.79 Å². The van der Waals surface area contributed by atoms with E-state index in [-0.39, 0.29) is 5.92 Å². The van der Waals surface area contributed by atoms with E-state index in [1.54, 1.807) is 0 Å². The number of rotatable bonds is 2. The molecular formula is C15H24O3. The maximum atomic E-state index is 11.4. The second-order valence-corrected chi connectivity index (χ2v) is 6.56. The number of carboxylic acids is 1. The van der Waals surface area contributed by atoms with E-state index in [1.807, 2.05) is 13.8 Å². The largest absolute Gasteiger partial charge is 0.478 e. The van der Waals surface area contributed by atoms with Crippen LogP contribution in [0.25, 0.3) is 0 Å². The molecule has 3 atom stereocenters. The number of fused-ring (bicyclic) bond motifs is 1. The molecule has 0 amide bonds. The third-order valence-corrected chi connectivity index (χ3v) is 4.93. The first kappa shape index (κ1) is 13.6. The standard InChI is InChI=1S/C15H24O3/c1-9-4-6-11-12(14(16)17)7-5-10(8-13(9)11)15(2,3)18/h9-10,13,18H,4-8H2,1-3H3,(H,16,17)/t9-,10+,13-/m1/s1. The van der Waals surface area contributed by atoms with Gasteiger partial charge < -0.3 is 10.2 Å². The van der Waals surface area contributed by atoms with Gasteiger partial charge in [-0.25, -0.2) is 4.79 Å². The highest BCUT2D eigenvalue weighted by Gasteiger charge is 2.39. The molecule has 2 N–H and O–H groups in total. The van der Waals surface area contributed by atoms with Crippen LogP contribution < -0.4 is 0 Å². The van der Waals surface area contributed by atoms with Gasteiger partial charge in [0, 0.05) is 5.57 Å². The van der Waals surface area contributed by atoms with E-state index in [0.29, 0.717) is 23.8 Å². The molecule has 0 aromatic carbocycles. The zero-order valence-electron chi connectivity index (χ0n) is 11.6. The number of aliphatic hydroxyl groups is 1. The summed E-state index contributed by atoms with van der Waals surface area (Å²) in [6.45, 7) is 5.91. The molecule has 3 nitrogen and oxygen atoms in total. The van der Waals surface area contributed by atoms with E-state index in [4.69, 9.17) is 0 Å². The Bertz CT molecular complexity index is 376. The number of hydrogen-bond donors (Lipinski definition) is 2. The minimum Gasteiger partial charge on any atom is -0.478 e. The lowest BCUT2D eigenvalue weighted by Crippen LogP contribution is -2.32. The summed E-state index contributed by atoms with van der Waals surface area (Å²) < 4.78 is 0. The Morgan fingerprint density at radius 2 is 1.94 bits per heavy atom. The summed E-state index contributed by atoms with van der Waals surface area (Å²) in [5.41, 5.74) is 1.10. The van der Waals surface area contributed by atoms with Gasteiger partial charge in [-0.15, -0.1) is 0 Å². The van der Waals surface area contributed by atoms with Crippen LogP contribution in [0.4, 0.5) is 0 Å². The highest BCUT2D eigenvalue weighted by Crippen LogP contribution is 2.47. The van der Waals surface area contributed by atoms with Crippen molar-refractivity contribution in [2.75, 3.05) is 0 Å². The quantitative estimate of drug-likeness (QED) is 0.794. The first-order chi connectivity index (χ1) is 8.30. The second kappa shape index (κ2) is 4.69. The Balaban J connectivity index is 2.31. The third-order valence-electron chi connectivity index (χ3n) is 4.93. The number of aliphatic carboxylic acids is 1. The Labute approximate surface area is 109 Å². The van der Waals surface area contributed by atoms with E-state index < -0.39 is 11.6 Å². The summed E-state index contributed by atoms with van der Waals surface area (Å²) in [5.74, 6) is 0.378. The molecule has 1 fully saturated rings. The molecule has 0 saturated heterocycles. The minimum absolute atomic E-state index is 0.204. The van der Waals surface area contributed by atoms with Crippen LogP contribution in [0.2, 0.25) is 0 Å². The van der Waals surface area contributed by atoms with Crippen molar-refractivity contribution in [2.45, 2.75) is 58.5 Å². The van der Waals surface area contributed by atoms with Crippen molar-refractivity contribution in [3.8, 4) is 0 Å². The van der Waals surface area contributed by atoms with Gasteiger partial charge in [-0.05, 0) is 63.7 Å². The van der Waals surface area contributed by atoms with Crippen LogP contribution in [0.1, 0.15) is 52.9 Å². The lowest BCUT2D eigenvalue weighted by atomic mass is 9.79. The van der Waals surface area contributed by atoms with Crippen LogP contribution in [0, 0.1) is 17.8 Å². The molecule has 0 unspecified atom stereocenters. The first-order valence-corrected chi connectivity index (χ1v) is 6.98. The normalized spacial score (nSPS) is 33.2. The Kier molecular flexibility index (Phi) is 3.54. The van der Waals surface area contributed by atoms with Gasteiger partial charge >= 0.3 is 5.97 Å². The SMILES string of the molecule is C[C@@H]1CCC2=C(C(=O)O)CC[C@H](C(C)(C)O)C[C@@H]21. The summed E-state index contributed by atoms with van der Waals surface area (Å²) in [6, 6.07) is 0. The zero-order chi connectivity index (χ0) is 13.5. The van der Waals surface area contributed by atoms with Gasteiger partial charge in [0.2, 0.25) is 0 Å². The van der Waals surface area contributed by atoms with Crippen molar-refractivity contribution < 1.29 is 15.0 Å². The predicted octanol–water partition coefficient (Wildman–Crippen LogP) is 2.98. The third kappa shape index (κ3) is 2.46. The molecule has 0 aliphatic heterocycles. The first-order valence-electron chi connectivity index (χ1n) is 6.98. The van der Waals surface area contributed by atoms with Crippen molar-refractivity contribution in [1.82, 2.24) is 0 Å². The zero-order valence-corrected chi connectivity index (χ0v) is 11.6. The molecule has 18 heavy (non-hydrogen) atoms. The van der Waals surface area contributed by atoms with E-state index in [1.165, 1.54) is 5.57 Å². The van der Waals surface area contributed by atoms with Gasteiger partial charge in [-0.3, -0.25) is 0 Å². The Morgan fingerprint density at radius 3 is 2.50 bits per heavy atom. The number of hydrogen-bond acceptors (Lipinski definition) is 2. The Hall–Kier alpha value is -0.830. The molecule has 0 heterocycles. The van der Waals surface area contributed by atoms with Crippen LogP contribution in [0.3, 0.4) is 0 Å². The second-order valence-electron chi connectivity index (χ2n) is 6.56. The van der Waals surface area contributed by atoms with Crippen molar-refractivity contribution >= 4 is 5.97 Å². The fourth-order valence-corrected chi connectivity index (χ4v) is 3.65. The topological polar surface area (TPSA) is 57.5 Å². The molecule has 0 bridgehead atoms. The summed E-state index contributed by atoms with van der Waals surface area (Å²) in [4.78, 5) is 11.4. The lowest BCUT2D eigenvalue weighted by molar-refractivity contribution is -0.133. The molecule has 2 rings (SSSR count). The summed E-state index contributed by atoms with van der Waals surface area (Å²) >= 11 is 0. The maximum absolute atomic E-state index is 11.4. The molecule has 2 aliphatic carbocycles. The molecule has 2 aliphatic rings. The Morgan fingerprint density at radius 1 is 1.28 bits per heavy atom. The van der Waals surface area contributed by atoms with Crippen molar-refractivity contribution in [2.24, 2.45) is 17.8 Å². The summed E-state index contributed by atoms with van der Waals surface area (Å²) in [6.07, 6.45) is 4.37. The van der Waals surface area contributed by atoms with Crippen LogP contribution in [-0.4, -0.2) is 21.8 Å². The van der Waals surface area contributed by atoms with Gasteiger partial charge in [-0.1, -0.05) is 12.5 Å². The van der Waals surface area contributed by atoms with Gasteiger partial charge in [0.15, 0.2) is 0 Å². The minimum atomic E-state index is -0.750. The van der Waals surface area contributed by atoms with Crippen LogP contribution in [0.15, 0.2) is 11.1 Å². The summed E-state index contributed by atoms with van der Waals surface area (Å²) in [5, 5.41) is 19.6. The van der Waals surface area contributed by atoms with Crippen LogP contribution in [0.5, 0.6) is 0 Å². The van der Waals surface area contributed by atoms with Crippen molar-refractivity contribution in [1.29, 1.82) is 0 Å². The smallest absolute Gasteiger partial charge is 0.331 e. The fraction of sp³-hybridized carbons (Fsp3) is 0.800. The van der Waals surface area contributed by atoms with E-state index >= 15 is 0 Å². The van der Waals surface area contributed by atoms with E-state index in [0.717, 1.165) is 25.7 Å². The van der Waals surface area contributed by atoms with Crippen molar-refractivity contribution in [3.63, 3.8) is 0 Å². The number of carboxylic acid groups (broad SMARTS) is 1. The highest BCUT2D eigenvalue weighted by atomic mass is 16.4. The van der Waals surface area contributed by atoms with Gasteiger partial charge in [0.25, 0.3) is 0 Å². The molecule has 0 aromatic rings. The molecule has 1 saturated carbocycles. The molecular weight excluding hydrogens is 228 g/mol. The molecule has 0 spiro atoms. The fourth-order valence-electron chi connectivity index (χ4n) is 3.65. The maximum Gasteiger partial charge on any atom is 0.331 e. The molecule has 3 heteroatoms. The predicted molar refractivity (Wildman–Crippen MR) is 70.2 cm³/mol. The van der Waals surface area contributed by atoms with E-state index in [2.05, 4.69) is 6.92 Å². The average molecular weight is 252 g/mol. The van der Waals surface area contributed by atoms with Crippen LogP contribution >= 0.6 is 0 Å². The van der Waals surface area contributed by atoms with Crippen molar-refractivity contribution in [3.05, 3.63) is 11.1 Å². The van der Waals surface area contributed by atoms with Gasteiger partial charge in [-0.2, -0.15) is 0 Å². The summed E-state index contributed by atoms with van der Waals surface area (Å²) in [7, 11) is 0. The number of carbonyl (C=O) groups is 1. The molecule has 0 radical (unpaired) electrons. The number of allylic oxidation sites excluding steroid dienone is 1. The monoisotopic (exact) mass is 252 g/mol. The average Bonchev–Trinajstić information content (AvgIpc) is 2.49. The highest BCUT2D eigenvalue weighted by molar-refractivity contribution is 5.87. The molecule has 0 aromatic heterocycles. The van der Waals surface area contributed by atoms with E-state index in [9.17, 15) is 15.0 Å². The lowest BCUT2D eigenvalue weighted by Gasteiger charge is -2.31. The molecule has 102 valence electrons.